The minimum atomic E-state index is 0.454. The first-order valence-corrected chi connectivity index (χ1v) is 5.04. The monoisotopic (exact) mass is 200 g/mol. The van der Waals surface area contributed by atoms with Crippen LogP contribution in [0.1, 0.15) is 13.8 Å². The van der Waals surface area contributed by atoms with Gasteiger partial charge in [0, 0.05) is 29.8 Å². The summed E-state index contributed by atoms with van der Waals surface area (Å²) in [6.07, 6.45) is 6.46. The molecule has 0 atom stereocenters. The van der Waals surface area contributed by atoms with Crippen molar-refractivity contribution in [3.05, 3.63) is 43.0 Å². The maximum atomic E-state index is 3.89. The molecule has 1 heterocycles. The molecule has 0 fully saturated rings. The molecule has 15 heavy (non-hydrogen) atoms. The van der Waals surface area contributed by atoms with Crippen LogP contribution >= 0.6 is 0 Å². The third-order valence-corrected chi connectivity index (χ3v) is 2.06. The molecule has 0 amide bonds. The van der Waals surface area contributed by atoms with E-state index in [-0.39, 0.29) is 0 Å². The Kier molecular flexibility index (Phi) is 2.72. The summed E-state index contributed by atoms with van der Waals surface area (Å²) in [6, 6.07) is 8.66. The van der Waals surface area contributed by atoms with Crippen LogP contribution in [0.15, 0.2) is 36.7 Å². The molecule has 3 nitrogen and oxygen atoms in total. The number of nitrogens with one attached hydrogen (secondary N) is 1. The lowest BCUT2D eigenvalue weighted by molar-refractivity contribution is 0.899. The van der Waals surface area contributed by atoms with Crippen LogP contribution in [0.2, 0.25) is 0 Å². The van der Waals surface area contributed by atoms with E-state index in [4.69, 9.17) is 0 Å². The standard InChI is InChI=1S/C12H14N3/c1-10(2)14-11-3-5-12(6-4-11)15-8-7-13-9-15/h3-8,10,14H,1-2H3. The maximum absolute atomic E-state index is 3.89. The highest BCUT2D eigenvalue weighted by atomic mass is 15.0. The second kappa shape index (κ2) is 4.17. The van der Waals surface area contributed by atoms with Crippen molar-refractivity contribution < 1.29 is 0 Å². The first-order valence-electron chi connectivity index (χ1n) is 5.04. The predicted octanol–water partition coefficient (Wildman–Crippen LogP) is 2.49. The van der Waals surface area contributed by atoms with Crippen molar-refractivity contribution in [3.8, 4) is 5.69 Å². The van der Waals surface area contributed by atoms with E-state index < -0.39 is 0 Å². The van der Waals surface area contributed by atoms with Crippen LogP contribution in [0.25, 0.3) is 5.69 Å². The summed E-state index contributed by atoms with van der Waals surface area (Å²) >= 11 is 0. The molecular formula is C12H14N3. The number of nitrogens with zero attached hydrogens (tertiary/aromatic N) is 2. The van der Waals surface area contributed by atoms with Gasteiger partial charge in [0.25, 0.3) is 0 Å². The highest BCUT2D eigenvalue weighted by Gasteiger charge is 1.97. The number of benzene rings is 1. The van der Waals surface area contributed by atoms with E-state index in [1.54, 1.807) is 6.20 Å². The van der Waals surface area contributed by atoms with Crippen LogP contribution in [-0.4, -0.2) is 15.6 Å². The minimum Gasteiger partial charge on any atom is -0.383 e. The zero-order chi connectivity index (χ0) is 10.7. The first kappa shape index (κ1) is 9.77. The van der Waals surface area contributed by atoms with Gasteiger partial charge < -0.3 is 5.32 Å². The predicted molar refractivity (Wildman–Crippen MR) is 61.2 cm³/mol. The van der Waals surface area contributed by atoms with Gasteiger partial charge in [0.15, 0.2) is 6.33 Å². The SMILES string of the molecule is CC(C)Nc1ccc(-n2[c]ncc2)cc1. The summed E-state index contributed by atoms with van der Waals surface area (Å²) in [6.45, 7) is 4.25. The van der Waals surface area contributed by atoms with Crippen LogP contribution in [-0.2, 0) is 0 Å². The third-order valence-electron chi connectivity index (χ3n) is 2.06. The Morgan fingerprint density at radius 2 is 2.00 bits per heavy atom. The summed E-state index contributed by atoms with van der Waals surface area (Å²) < 4.78 is 1.86. The molecule has 3 heteroatoms. The van der Waals surface area contributed by atoms with Gasteiger partial charge in [-0.1, -0.05) is 0 Å². The highest BCUT2D eigenvalue weighted by molar-refractivity contribution is 5.49. The van der Waals surface area contributed by atoms with Crippen molar-refractivity contribution in [3.63, 3.8) is 0 Å². The maximum Gasteiger partial charge on any atom is 0.181 e. The van der Waals surface area contributed by atoms with E-state index in [1.807, 2.05) is 22.9 Å². The molecule has 0 bridgehead atoms. The fourth-order valence-corrected chi connectivity index (χ4v) is 1.42. The van der Waals surface area contributed by atoms with Gasteiger partial charge in [-0.3, -0.25) is 4.57 Å². The minimum absolute atomic E-state index is 0.454. The van der Waals surface area contributed by atoms with E-state index in [0.717, 1.165) is 11.4 Å². The van der Waals surface area contributed by atoms with Crippen LogP contribution < -0.4 is 5.32 Å². The molecule has 1 aromatic carbocycles. The molecule has 2 rings (SSSR count). The quantitative estimate of drug-likeness (QED) is 0.825. The van der Waals surface area contributed by atoms with Crippen molar-refractivity contribution in [2.24, 2.45) is 0 Å². The van der Waals surface area contributed by atoms with Gasteiger partial charge in [-0.05, 0) is 38.1 Å². The van der Waals surface area contributed by atoms with Crippen LogP contribution in [0.5, 0.6) is 0 Å². The molecule has 0 aliphatic rings. The Balaban J connectivity index is 2.17. The van der Waals surface area contributed by atoms with Crippen LogP contribution in [0, 0.1) is 6.33 Å². The van der Waals surface area contributed by atoms with Gasteiger partial charge >= 0.3 is 0 Å². The lowest BCUT2D eigenvalue weighted by Gasteiger charge is -2.10. The molecule has 0 spiro atoms. The van der Waals surface area contributed by atoms with Gasteiger partial charge in [0.2, 0.25) is 0 Å². The van der Waals surface area contributed by atoms with Crippen molar-refractivity contribution >= 4 is 5.69 Å². The second-order valence-electron chi connectivity index (χ2n) is 3.74. The fraction of sp³-hybridized carbons (Fsp3) is 0.250. The molecule has 0 unspecified atom stereocenters. The Morgan fingerprint density at radius 3 is 2.53 bits per heavy atom. The summed E-state index contributed by atoms with van der Waals surface area (Å²) in [5, 5.41) is 3.34. The number of aromatic nitrogens is 2. The van der Waals surface area contributed by atoms with Crippen molar-refractivity contribution in [2.75, 3.05) is 5.32 Å². The van der Waals surface area contributed by atoms with Crippen molar-refractivity contribution in [1.29, 1.82) is 0 Å². The largest absolute Gasteiger partial charge is 0.383 e. The zero-order valence-corrected chi connectivity index (χ0v) is 8.94. The molecule has 1 N–H and O–H groups in total. The van der Waals surface area contributed by atoms with Gasteiger partial charge in [-0.25, -0.2) is 4.98 Å². The number of hydrogen-bond donors (Lipinski definition) is 1. The molecule has 0 aliphatic heterocycles. The van der Waals surface area contributed by atoms with E-state index in [2.05, 4.69) is 42.6 Å². The number of anilines is 1. The lowest BCUT2D eigenvalue weighted by Crippen LogP contribution is -2.09. The molecule has 77 valence electrons. The average molecular weight is 200 g/mol. The lowest BCUT2D eigenvalue weighted by atomic mass is 10.2. The Morgan fingerprint density at radius 1 is 1.27 bits per heavy atom. The normalized spacial score (nSPS) is 10.6. The topological polar surface area (TPSA) is 29.9 Å². The van der Waals surface area contributed by atoms with Crippen LogP contribution in [0.4, 0.5) is 5.69 Å². The van der Waals surface area contributed by atoms with E-state index in [1.165, 1.54) is 0 Å². The summed E-state index contributed by atoms with van der Waals surface area (Å²) in [4.78, 5) is 3.89. The van der Waals surface area contributed by atoms with Gasteiger partial charge in [-0.15, -0.1) is 0 Å². The molecule has 1 aromatic heterocycles. The fourth-order valence-electron chi connectivity index (χ4n) is 1.42. The van der Waals surface area contributed by atoms with Crippen LogP contribution in [0.3, 0.4) is 0 Å². The second-order valence-corrected chi connectivity index (χ2v) is 3.74. The van der Waals surface area contributed by atoms with Crippen molar-refractivity contribution in [1.82, 2.24) is 9.55 Å². The molecule has 2 aromatic rings. The van der Waals surface area contributed by atoms with Crippen molar-refractivity contribution in [2.45, 2.75) is 19.9 Å². The number of rotatable bonds is 3. The molecule has 0 saturated heterocycles. The van der Waals surface area contributed by atoms with E-state index in [0.29, 0.717) is 6.04 Å². The van der Waals surface area contributed by atoms with Gasteiger partial charge in [-0.2, -0.15) is 0 Å². The summed E-state index contributed by atoms with van der Waals surface area (Å²) in [5.41, 5.74) is 2.20. The molecule has 0 saturated carbocycles. The average Bonchev–Trinajstić information content (AvgIpc) is 2.71. The smallest absolute Gasteiger partial charge is 0.181 e. The number of hydrogen-bond acceptors (Lipinski definition) is 2. The molecular weight excluding hydrogens is 186 g/mol. The van der Waals surface area contributed by atoms with E-state index in [9.17, 15) is 0 Å². The van der Waals surface area contributed by atoms with Gasteiger partial charge in [0.05, 0.1) is 0 Å². The van der Waals surface area contributed by atoms with E-state index >= 15 is 0 Å². The Bertz CT molecular complexity index is 401. The first-order chi connectivity index (χ1) is 7.25. The third kappa shape index (κ3) is 2.37. The Hall–Kier alpha value is -1.77. The summed E-state index contributed by atoms with van der Waals surface area (Å²) in [7, 11) is 0. The molecule has 0 aliphatic carbocycles. The highest BCUT2D eigenvalue weighted by Crippen LogP contribution is 2.13. The number of imidazole rings is 1. The van der Waals surface area contributed by atoms with Gasteiger partial charge in [0.1, 0.15) is 0 Å². The summed E-state index contributed by atoms with van der Waals surface area (Å²) in [5.74, 6) is 0. The molecule has 1 radical (unpaired) electrons. The zero-order valence-electron chi connectivity index (χ0n) is 8.94. The Labute approximate surface area is 89.8 Å².